The number of halogens is 3. The summed E-state index contributed by atoms with van der Waals surface area (Å²) in [5.41, 5.74) is 8.05. The fourth-order valence-electron chi connectivity index (χ4n) is 5.13. The molecule has 46 heavy (non-hydrogen) atoms. The van der Waals surface area contributed by atoms with Gasteiger partial charge in [0.15, 0.2) is 0 Å². The van der Waals surface area contributed by atoms with Gasteiger partial charge in [-0.05, 0) is 72.6 Å². The van der Waals surface area contributed by atoms with Gasteiger partial charge in [-0.1, -0.05) is 36.4 Å². The van der Waals surface area contributed by atoms with Gasteiger partial charge in [0.1, 0.15) is 23.3 Å². The summed E-state index contributed by atoms with van der Waals surface area (Å²) in [4.78, 5) is 30.6. The van der Waals surface area contributed by atoms with E-state index in [-0.39, 0.29) is 5.91 Å². The van der Waals surface area contributed by atoms with E-state index in [1.165, 1.54) is 11.1 Å². The number of furan rings is 1. The van der Waals surface area contributed by atoms with Gasteiger partial charge in [0.2, 0.25) is 0 Å². The lowest BCUT2D eigenvalue weighted by atomic mass is 9.98. The molecule has 3 heterocycles. The van der Waals surface area contributed by atoms with Crippen LogP contribution in [0.25, 0.3) is 33.2 Å². The number of carbonyl (C=O) groups excluding carboxylic acids is 1. The molecule has 12 heteroatoms. The molecule has 0 aliphatic carbocycles. The molecule has 4 aromatic carbocycles. The summed E-state index contributed by atoms with van der Waals surface area (Å²) < 4.78 is 37.9. The van der Waals surface area contributed by atoms with Crippen LogP contribution < -0.4 is 16.0 Å². The number of carboxylic acid groups (broad SMARTS) is 1. The zero-order valence-electron chi connectivity index (χ0n) is 24.1. The molecule has 2 aromatic heterocycles. The third-order valence-electron chi connectivity index (χ3n) is 7.36. The first-order chi connectivity index (χ1) is 22.2. The first kappa shape index (κ1) is 30.3. The highest BCUT2D eigenvalue weighted by atomic mass is 19.4. The van der Waals surface area contributed by atoms with Crippen molar-refractivity contribution in [1.29, 1.82) is 0 Å². The van der Waals surface area contributed by atoms with Gasteiger partial charge in [-0.15, -0.1) is 0 Å². The van der Waals surface area contributed by atoms with E-state index in [0.29, 0.717) is 11.4 Å². The predicted molar refractivity (Wildman–Crippen MR) is 168 cm³/mol. The summed E-state index contributed by atoms with van der Waals surface area (Å²) in [5.74, 6) is -2.22. The number of aliphatic carboxylic acids is 1. The van der Waals surface area contributed by atoms with Crippen LogP contribution in [0.15, 0.2) is 102 Å². The second-order valence-corrected chi connectivity index (χ2v) is 10.4. The smallest absolute Gasteiger partial charge is 0.475 e. The van der Waals surface area contributed by atoms with Crippen molar-refractivity contribution in [2.45, 2.75) is 19.1 Å². The number of hydrogen-bond donors (Lipinski definition) is 4. The second kappa shape index (κ2) is 12.7. The van der Waals surface area contributed by atoms with E-state index in [0.717, 1.165) is 64.1 Å². The average molecular weight is 626 g/mol. The van der Waals surface area contributed by atoms with Crippen LogP contribution in [-0.2, 0) is 17.8 Å². The van der Waals surface area contributed by atoms with Crippen molar-refractivity contribution in [2.75, 3.05) is 17.2 Å². The zero-order valence-corrected chi connectivity index (χ0v) is 24.1. The summed E-state index contributed by atoms with van der Waals surface area (Å²) in [6.45, 7) is 1.78. The van der Waals surface area contributed by atoms with Gasteiger partial charge in [0, 0.05) is 45.9 Å². The van der Waals surface area contributed by atoms with Crippen LogP contribution in [0.3, 0.4) is 0 Å². The maximum Gasteiger partial charge on any atom is 0.490 e. The Morgan fingerprint density at radius 3 is 2.37 bits per heavy atom. The zero-order chi connectivity index (χ0) is 32.3. The highest BCUT2D eigenvalue weighted by Crippen LogP contribution is 2.35. The minimum atomic E-state index is -5.08. The van der Waals surface area contributed by atoms with Gasteiger partial charge in [-0.2, -0.15) is 13.2 Å². The quantitative estimate of drug-likeness (QED) is 0.157. The number of carbonyl (C=O) groups is 2. The van der Waals surface area contributed by atoms with Crippen LogP contribution in [0.5, 0.6) is 0 Å². The molecule has 9 nitrogen and oxygen atoms in total. The van der Waals surface area contributed by atoms with Crippen LogP contribution >= 0.6 is 0 Å². The molecule has 1 aliphatic heterocycles. The lowest BCUT2D eigenvalue weighted by Crippen LogP contribution is -2.24. The normalized spacial score (nSPS) is 12.6. The Morgan fingerprint density at radius 1 is 0.848 bits per heavy atom. The molecule has 232 valence electrons. The summed E-state index contributed by atoms with van der Waals surface area (Å²) in [7, 11) is 0. The fourth-order valence-corrected chi connectivity index (χ4v) is 5.13. The van der Waals surface area contributed by atoms with E-state index in [1.807, 2.05) is 72.8 Å². The number of alkyl halides is 3. The molecular weight excluding hydrogens is 599 g/mol. The third kappa shape index (κ3) is 6.66. The van der Waals surface area contributed by atoms with Crippen molar-refractivity contribution in [3.8, 4) is 11.3 Å². The molecule has 1 amide bonds. The number of para-hydroxylation sites is 2. The molecule has 4 N–H and O–H groups in total. The van der Waals surface area contributed by atoms with E-state index in [4.69, 9.17) is 14.3 Å². The molecule has 6 aromatic rings. The van der Waals surface area contributed by atoms with Crippen molar-refractivity contribution in [3.05, 3.63) is 114 Å². The van der Waals surface area contributed by atoms with Crippen LogP contribution in [0.4, 0.5) is 30.4 Å². The molecule has 0 saturated carbocycles. The third-order valence-corrected chi connectivity index (χ3v) is 7.36. The van der Waals surface area contributed by atoms with Gasteiger partial charge >= 0.3 is 12.1 Å². The lowest BCUT2D eigenvalue weighted by Gasteiger charge is -2.17. The van der Waals surface area contributed by atoms with Crippen LogP contribution in [0.2, 0.25) is 0 Å². The monoisotopic (exact) mass is 625 g/mol. The van der Waals surface area contributed by atoms with E-state index in [2.05, 4.69) is 44.1 Å². The SMILES string of the molecule is O=C(Nc1ccc(Nc2cc(-c3cccc4c3oc3ccccc34)ncn2)cc1)c1ccc2c(c1)CNCC2.O=C(O)C(F)(F)F. The Labute approximate surface area is 260 Å². The first-order valence-corrected chi connectivity index (χ1v) is 14.2. The number of carboxylic acids is 1. The number of anilines is 3. The highest BCUT2D eigenvalue weighted by molar-refractivity contribution is 6.09. The molecule has 0 bridgehead atoms. The highest BCUT2D eigenvalue weighted by Gasteiger charge is 2.38. The van der Waals surface area contributed by atoms with Crippen LogP contribution in [0.1, 0.15) is 21.5 Å². The standard InChI is InChI=1S/C32H25N5O2.C2HF3O2/c38-32(21-9-8-20-14-15-33-18-22(20)16-21)37-24-12-10-23(11-13-24)36-30-17-28(34-19-35-30)27-6-3-5-26-25-4-1-2-7-29(25)39-31(26)27;3-2(4,5)1(6)7/h1-13,16-17,19,33H,14-15,18H2,(H,37,38)(H,34,35,36);(H,6,7). The maximum absolute atomic E-state index is 12.8. The Bertz CT molecular complexity index is 2060. The molecule has 0 radical (unpaired) electrons. The molecular formula is C34H26F3N5O4. The van der Waals surface area contributed by atoms with E-state index >= 15 is 0 Å². The molecule has 7 rings (SSSR count). The van der Waals surface area contributed by atoms with Gasteiger partial charge in [0.05, 0.1) is 5.69 Å². The van der Waals surface area contributed by atoms with Crippen LogP contribution in [-0.4, -0.2) is 39.7 Å². The molecule has 0 spiro atoms. The Morgan fingerprint density at radius 2 is 1.59 bits per heavy atom. The fraction of sp³-hybridized carbons (Fsp3) is 0.118. The number of aromatic nitrogens is 2. The topological polar surface area (TPSA) is 129 Å². The van der Waals surface area contributed by atoms with E-state index in [1.54, 1.807) is 6.33 Å². The van der Waals surface area contributed by atoms with E-state index < -0.39 is 12.1 Å². The van der Waals surface area contributed by atoms with Crippen molar-refractivity contribution in [3.63, 3.8) is 0 Å². The first-order valence-electron chi connectivity index (χ1n) is 14.2. The van der Waals surface area contributed by atoms with Gasteiger partial charge in [0.25, 0.3) is 5.91 Å². The molecule has 0 saturated heterocycles. The summed E-state index contributed by atoms with van der Waals surface area (Å²) >= 11 is 0. The number of amides is 1. The van der Waals surface area contributed by atoms with Crippen LogP contribution in [0, 0.1) is 0 Å². The van der Waals surface area contributed by atoms with Gasteiger partial charge < -0.3 is 25.5 Å². The Hall–Kier alpha value is -5.75. The molecule has 0 fully saturated rings. The van der Waals surface area contributed by atoms with Crippen molar-refractivity contribution in [2.24, 2.45) is 0 Å². The Kier molecular flexibility index (Phi) is 8.36. The Balaban J connectivity index is 0.000000480. The van der Waals surface area contributed by atoms with Crippen molar-refractivity contribution < 1.29 is 32.3 Å². The molecule has 0 atom stereocenters. The van der Waals surface area contributed by atoms with Crippen molar-refractivity contribution >= 4 is 51.0 Å². The lowest BCUT2D eigenvalue weighted by molar-refractivity contribution is -0.192. The largest absolute Gasteiger partial charge is 0.490 e. The number of nitrogens with one attached hydrogen (secondary N) is 3. The maximum atomic E-state index is 12.8. The number of rotatable bonds is 5. The molecule has 0 unspecified atom stereocenters. The minimum absolute atomic E-state index is 0.121. The number of nitrogens with zero attached hydrogens (tertiary/aromatic N) is 2. The van der Waals surface area contributed by atoms with Crippen molar-refractivity contribution in [1.82, 2.24) is 15.3 Å². The predicted octanol–water partition coefficient (Wildman–Crippen LogP) is 7.32. The number of benzene rings is 4. The number of fused-ring (bicyclic) bond motifs is 4. The van der Waals surface area contributed by atoms with Gasteiger partial charge in [-0.3, -0.25) is 4.79 Å². The number of hydrogen-bond acceptors (Lipinski definition) is 7. The van der Waals surface area contributed by atoms with Gasteiger partial charge in [-0.25, -0.2) is 14.8 Å². The second-order valence-electron chi connectivity index (χ2n) is 10.4. The minimum Gasteiger partial charge on any atom is -0.475 e. The summed E-state index contributed by atoms with van der Waals surface area (Å²) in [5, 5.41) is 18.9. The summed E-state index contributed by atoms with van der Waals surface area (Å²) in [6.07, 6.45) is -2.54. The average Bonchev–Trinajstić information content (AvgIpc) is 3.44. The molecule has 1 aliphatic rings. The summed E-state index contributed by atoms with van der Waals surface area (Å²) in [6, 6.07) is 29.5. The van der Waals surface area contributed by atoms with E-state index in [9.17, 15) is 18.0 Å².